The highest BCUT2D eigenvalue weighted by molar-refractivity contribution is 6.30. The van der Waals surface area contributed by atoms with Gasteiger partial charge in [-0.2, -0.15) is 0 Å². The number of rotatable bonds is 5. The molecule has 19 heavy (non-hydrogen) atoms. The summed E-state index contributed by atoms with van der Waals surface area (Å²) in [5.41, 5.74) is 6.59. The number of anilines is 1. The van der Waals surface area contributed by atoms with Crippen molar-refractivity contribution in [3.05, 3.63) is 40.7 Å². The van der Waals surface area contributed by atoms with Crippen LogP contribution < -0.4 is 10.6 Å². The van der Waals surface area contributed by atoms with Gasteiger partial charge in [0.25, 0.3) is 0 Å². The van der Waals surface area contributed by atoms with Gasteiger partial charge in [0.2, 0.25) is 5.89 Å². The molecule has 2 N–H and O–H groups in total. The van der Waals surface area contributed by atoms with Crippen LogP contribution in [0.15, 0.2) is 28.7 Å². The van der Waals surface area contributed by atoms with Crippen molar-refractivity contribution in [2.45, 2.75) is 19.4 Å². The first kappa shape index (κ1) is 13.8. The van der Waals surface area contributed by atoms with Gasteiger partial charge >= 0.3 is 6.01 Å². The molecule has 1 atom stereocenters. The molecule has 102 valence electrons. The molecular formula is C13H17ClN4O. The minimum Gasteiger partial charge on any atom is -0.408 e. The Morgan fingerprint density at radius 2 is 2.00 bits per heavy atom. The molecule has 2 rings (SSSR count). The lowest BCUT2D eigenvalue weighted by atomic mass is 10.1. The molecule has 1 aromatic carbocycles. The minimum atomic E-state index is 0.114. The maximum Gasteiger partial charge on any atom is 0.318 e. The topological polar surface area (TPSA) is 68.2 Å². The highest BCUT2D eigenvalue weighted by Crippen LogP contribution is 2.25. The van der Waals surface area contributed by atoms with Crippen LogP contribution in [-0.2, 0) is 6.42 Å². The van der Waals surface area contributed by atoms with Gasteiger partial charge in [0.15, 0.2) is 0 Å². The third-order valence-corrected chi connectivity index (χ3v) is 3.30. The highest BCUT2D eigenvalue weighted by Gasteiger charge is 2.17. The summed E-state index contributed by atoms with van der Waals surface area (Å²) in [7, 11) is 1.92. The van der Waals surface area contributed by atoms with E-state index in [2.05, 4.69) is 17.1 Å². The smallest absolute Gasteiger partial charge is 0.318 e. The molecule has 0 fully saturated rings. The van der Waals surface area contributed by atoms with Crippen molar-refractivity contribution < 1.29 is 4.42 Å². The third kappa shape index (κ3) is 3.24. The second-order valence-corrected chi connectivity index (χ2v) is 4.79. The van der Waals surface area contributed by atoms with Gasteiger partial charge in [0.1, 0.15) is 0 Å². The first-order chi connectivity index (χ1) is 9.11. The van der Waals surface area contributed by atoms with Crippen molar-refractivity contribution in [2.24, 2.45) is 5.73 Å². The normalized spacial score (nSPS) is 12.4. The molecular weight excluding hydrogens is 264 g/mol. The molecule has 1 aromatic heterocycles. The van der Waals surface area contributed by atoms with Gasteiger partial charge in [0.05, 0.1) is 6.04 Å². The molecule has 2 aromatic rings. The predicted octanol–water partition coefficient (Wildman–Crippen LogP) is 2.42. The highest BCUT2D eigenvalue weighted by atomic mass is 35.5. The zero-order valence-electron chi connectivity index (χ0n) is 11.0. The monoisotopic (exact) mass is 280 g/mol. The van der Waals surface area contributed by atoms with E-state index in [1.165, 1.54) is 0 Å². The summed E-state index contributed by atoms with van der Waals surface area (Å²) in [5, 5.41) is 8.71. The van der Waals surface area contributed by atoms with Gasteiger partial charge in [-0.1, -0.05) is 28.8 Å². The Bertz CT molecular complexity index is 526. The summed E-state index contributed by atoms with van der Waals surface area (Å²) in [4.78, 5) is 1.93. The number of nitrogens with zero attached hydrogens (tertiary/aromatic N) is 3. The van der Waals surface area contributed by atoms with Crippen molar-refractivity contribution >= 4 is 17.6 Å². The lowest BCUT2D eigenvalue weighted by molar-refractivity contribution is 0.479. The van der Waals surface area contributed by atoms with Gasteiger partial charge in [-0.25, -0.2) is 0 Å². The Kier molecular flexibility index (Phi) is 4.39. The number of benzene rings is 1. The van der Waals surface area contributed by atoms with Crippen LogP contribution in [0.25, 0.3) is 0 Å². The first-order valence-electron chi connectivity index (χ1n) is 6.12. The molecule has 0 aliphatic heterocycles. The van der Waals surface area contributed by atoms with Crippen LogP contribution >= 0.6 is 11.6 Å². The van der Waals surface area contributed by atoms with Crippen LogP contribution in [-0.4, -0.2) is 23.8 Å². The van der Waals surface area contributed by atoms with Gasteiger partial charge < -0.3 is 15.1 Å². The molecule has 0 aliphatic rings. The van der Waals surface area contributed by atoms with E-state index in [0.29, 0.717) is 24.9 Å². The van der Waals surface area contributed by atoms with E-state index in [4.69, 9.17) is 21.8 Å². The molecule has 0 saturated carbocycles. The second kappa shape index (κ2) is 6.04. The molecule has 0 radical (unpaired) electrons. The number of hydrogen-bond acceptors (Lipinski definition) is 5. The van der Waals surface area contributed by atoms with Gasteiger partial charge in [-0.3, -0.25) is 0 Å². The largest absolute Gasteiger partial charge is 0.408 e. The van der Waals surface area contributed by atoms with Crippen LogP contribution in [0.3, 0.4) is 0 Å². The van der Waals surface area contributed by atoms with Gasteiger partial charge in [-0.05, 0) is 24.6 Å². The fourth-order valence-corrected chi connectivity index (χ4v) is 1.87. The molecule has 1 unspecified atom stereocenters. The summed E-state index contributed by atoms with van der Waals surface area (Å²) < 4.78 is 5.55. The van der Waals surface area contributed by atoms with Crippen LogP contribution in [0, 0.1) is 0 Å². The average Bonchev–Trinajstić information content (AvgIpc) is 2.87. The summed E-state index contributed by atoms with van der Waals surface area (Å²) in [6.07, 6.45) is 0.593. The molecule has 0 spiro atoms. The number of hydrogen-bond donors (Lipinski definition) is 1. The van der Waals surface area contributed by atoms with Crippen LogP contribution in [0.4, 0.5) is 6.01 Å². The summed E-state index contributed by atoms with van der Waals surface area (Å²) in [6, 6.07) is 8.32. The predicted molar refractivity (Wildman–Crippen MR) is 75.3 cm³/mol. The summed E-state index contributed by atoms with van der Waals surface area (Å²) in [5.74, 6) is 0.563. The van der Waals surface area contributed by atoms with Crippen molar-refractivity contribution in [3.63, 3.8) is 0 Å². The van der Waals surface area contributed by atoms with E-state index in [9.17, 15) is 0 Å². The SMILES string of the molecule is CC(c1ccc(Cl)cc1)N(C)c1nnc(CCN)o1. The Balaban J connectivity index is 2.13. The third-order valence-electron chi connectivity index (χ3n) is 3.05. The zero-order valence-corrected chi connectivity index (χ0v) is 11.8. The van der Waals surface area contributed by atoms with E-state index in [-0.39, 0.29) is 6.04 Å². The van der Waals surface area contributed by atoms with Crippen molar-refractivity contribution in [3.8, 4) is 0 Å². The maximum absolute atomic E-state index is 5.88. The van der Waals surface area contributed by atoms with Crippen molar-refractivity contribution in [1.29, 1.82) is 0 Å². The zero-order chi connectivity index (χ0) is 13.8. The lowest BCUT2D eigenvalue weighted by Crippen LogP contribution is -2.21. The second-order valence-electron chi connectivity index (χ2n) is 4.36. The van der Waals surface area contributed by atoms with Crippen LogP contribution in [0.2, 0.25) is 5.02 Å². The van der Waals surface area contributed by atoms with Crippen LogP contribution in [0.1, 0.15) is 24.4 Å². The molecule has 1 heterocycles. The van der Waals surface area contributed by atoms with Crippen LogP contribution in [0.5, 0.6) is 0 Å². The van der Waals surface area contributed by atoms with E-state index < -0.39 is 0 Å². The Morgan fingerprint density at radius 1 is 1.32 bits per heavy atom. The number of nitrogens with two attached hydrogens (primary N) is 1. The van der Waals surface area contributed by atoms with E-state index in [1.54, 1.807) is 0 Å². The standard InChI is InChI=1S/C13H17ClN4O/c1-9(10-3-5-11(14)6-4-10)18(2)13-17-16-12(19-13)7-8-15/h3-6,9H,7-8,15H2,1-2H3. The van der Waals surface area contributed by atoms with E-state index in [0.717, 1.165) is 10.6 Å². The number of halogens is 1. The van der Waals surface area contributed by atoms with Crippen molar-refractivity contribution in [1.82, 2.24) is 10.2 Å². The summed E-state index contributed by atoms with van der Waals surface area (Å²) >= 11 is 5.88. The van der Waals surface area contributed by atoms with Gasteiger partial charge in [0, 0.05) is 25.0 Å². The lowest BCUT2D eigenvalue weighted by Gasteiger charge is -2.23. The molecule has 5 nitrogen and oxygen atoms in total. The molecule has 0 saturated heterocycles. The fourth-order valence-electron chi connectivity index (χ4n) is 1.74. The maximum atomic E-state index is 5.88. The van der Waals surface area contributed by atoms with Crippen molar-refractivity contribution in [2.75, 3.05) is 18.5 Å². The first-order valence-corrected chi connectivity index (χ1v) is 6.50. The molecule has 0 bridgehead atoms. The average molecular weight is 281 g/mol. The molecule has 0 amide bonds. The minimum absolute atomic E-state index is 0.114. The Labute approximate surface area is 117 Å². The molecule has 6 heteroatoms. The number of aromatic nitrogens is 2. The quantitative estimate of drug-likeness (QED) is 0.911. The van der Waals surface area contributed by atoms with E-state index in [1.807, 2.05) is 36.2 Å². The fraction of sp³-hybridized carbons (Fsp3) is 0.385. The van der Waals surface area contributed by atoms with E-state index >= 15 is 0 Å². The Hall–Kier alpha value is -1.59. The Morgan fingerprint density at radius 3 is 2.63 bits per heavy atom. The summed E-state index contributed by atoms with van der Waals surface area (Å²) in [6.45, 7) is 2.56. The molecule has 0 aliphatic carbocycles. The van der Waals surface area contributed by atoms with Gasteiger partial charge in [-0.15, -0.1) is 5.10 Å².